The Labute approximate surface area is 214 Å². The smallest absolute Gasteiger partial charge is 0.247 e. The summed E-state index contributed by atoms with van der Waals surface area (Å²) in [4.78, 5) is 25.2. The highest BCUT2D eigenvalue weighted by Gasteiger charge is 2.30. The number of aromatic nitrogens is 3. The van der Waals surface area contributed by atoms with Crippen LogP contribution in [0.5, 0.6) is 0 Å². The number of benzene rings is 2. The molecule has 2 unspecified atom stereocenters. The topological polar surface area (TPSA) is 87.7 Å². The molecule has 2 N–H and O–H groups in total. The van der Waals surface area contributed by atoms with Crippen molar-refractivity contribution in [3.63, 3.8) is 0 Å². The van der Waals surface area contributed by atoms with Gasteiger partial charge in [-0.05, 0) is 47.7 Å². The lowest BCUT2D eigenvalue weighted by Crippen LogP contribution is -2.30. The molecular weight excluding hydrogens is 468 g/mol. The van der Waals surface area contributed by atoms with Crippen LogP contribution in [0.2, 0.25) is 0 Å². The van der Waals surface area contributed by atoms with Crippen molar-refractivity contribution in [2.45, 2.75) is 50.7 Å². The van der Waals surface area contributed by atoms with Crippen molar-refractivity contribution in [1.29, 1.82) is 0 Å². The van der Waals surface area contributed by atoms with Gasteiger partial charge in [-0.2, -0.15) is 0 Å². The summed E-state index contributed by atoms with van der Waals surface area (Å²) in [6.07, 6.45) is 6.74. The van der Waals surface area contributed by atoms with Crippen molar-refractivity contribution in [2.24, 2.45) is 5.41 Å². The number of nitrogens with zero attached hydrogens (tertiary/aromatic N) is 2. The van der Waals surface area contributed by atoms with Gasteiger partial charge >= 0.3 is 0 Å². The van der Waals surface area contributed by atoms with Gasteiger partial charge < -0.3 is 10.3 Å². The lowest BCUT2D eigenvalue weighted by atomic mass is 9.89. The molecule has 1 amide bonds. The molecule has 0 bridgehead atoms. The predicted octanol–water partition coefficient (Wildman–Crippen LogP) is 6.74. The summed E-state index contributed by atoms with van der Waals surface area (Å²) in [6.45, 7) is 12.1. The van der Waals surface area contributed by atoms with Gasteiger partial charge in [0.05, 0.1) is 22.7 Å². The highest BCUT2D eigenvalue weighted by molar-refractivity contribution is 7.85. The zero-order valence-corrected chi connectivity index (χ0v) is 22.0. The van der Waals surface area contributed by atoms with E-state index in [1.54, 1.807) is 6.20 Å². The summed E-state index contributed by atoms with van der Waals surface area (Å²) in [7, 11) is -1.13. The molecule has 6 nitrogen and oxygen atoms in total. The van der Waals surface area contributed by atoms with E-state index in [4.69, 9.17) is 4.98 Å². The Kier molecular flexibility index (Phi) is 7.50. The number of anilines is 1. The number of hydrogen-bond acceptors (Lipinski definition) is 4. The number of hydrogen-bond donors (Lipinski definition) is 2. The quantitative estimate of drug-likeness (QED) is 0.262. The number of carbonyl (C=O) groups excluding carboxylic acids is 1. The summed E-state index contributed by atoms with van der Waals surface area (Å²) in [5.74, 6) is -0.272. The molecule has 36 heavy (non-hydrogen) atoms. The Morgan fingerprint density at radius 1 is 1.17 bits per heavy atom. The second-order valence-electron chi connectivity index (χ2n) is 9.90. The van der Waals surface area contributed by atoms with Crippen molar-refractivity contribution in [3.8, 4) is 22.4 Å². The van der Waals surface area contributed by atoms with E-state index in [9.17, 15) is 9.00 Å². The monoisotopic (exact) mass is 500 g/mol. The van der Waals surface area contributed by atoms with Gasteiger partial charge in [0.15, 0.2) is 5.65 Å². The van der Waals surface area contributed by atoms with E-state index < -0.39 is 10.8 Å². The maximum Gasteiger partial charge on any atom is 0.247 e. The van der Waals surface area contributed by atoms with E-state index in [1.165, 1.54) is 6.08 Å². The second kappa shape index (κ2) is 10.6. The molecule has 0 saturated heterocycles. The molecule has 0 spiro atoms. The van der Waals surface area contributed by atoms with Gasteiger partial charge in [0, 0.05) is 33.2 Å². The van der Waals surface area contributed by atoms with E-state index in [1.807, 2.05) is 54.7 Å². The molecule has 0 aliphatic rings. The normalized spacial score (nSPS) is 13.3. The fraction of sp³-hybridized carbons (Fsp3) is 0.276. The van der Waals surface area contributed by atoms with E-state index in [2.05, 4.69) is 49.6 Å². The van der Waals surface area contributed by atoms with E-state index in [0.717, 1.165) is 39.9 Å². The van der Waals surface area contributed by atoms with Crippen LogP contribution in [0.3, 0.4) is 0 Å². The van der Waals surface area contributed by atoms with Gasteiger partial charge in [-0.25, -0.2) is 9.97 Å². The molecule has 4 rings (SSSR count). The third kappa shape index (κ3) is 5.46. The number of carbonyl (C=O) groups is 1. The van der Waals surface area contributed by atoms with Crippen molar-refractivity contribution < 1.29 is 9.00 Å². The minimum atomic E-state index is -1.13. The first-order valence-electron chi connectivity index (χ1n) is 12.1. The summed E-state index contributed by atoms with van der Waals surface area (Å²) in [5.41, 5.74) is 5.37. The maximum absolute atomic E-state index is 13.6. The molecule has 0 radical (unpaired) electrons. The van der Waals surface area contributed by atoms with Crippen molar-refractivity contribution in [1.82, 2.24) is 15.0 Å². The van der Waals surface area contributed by atoms with Crippen molar-refractivity contribution in [3.05, 3.63) is 73.6 Å². The van der Waals surface area contributed by atoms with Crippen molar-refractivity contribution in [2.75, 3.05) is 5.32 Å². The summed E-state index contributed by atoms with van der Waals surface area (Å²) in [6, 6.07) is 15.4. The van der Waals surface area contributed by atoms with Gasteiger partial charge in [-0.1, -0.05) is 65.0 Å². The number of aromatic amines is 1. The van der Waals surface area contributed by atoms with Gasteiger partial charge in [-0.3, -0.25) is 9.00 Å². The SMILES string of the molecule is C=CC(=O)Nc1cccc(-c2cnc3[nH]cc(-c4cccc(S(=O)C(CCC)C(C)(C)C)c4)c3n2)c1. The minimum absolute atomic E-state index is 0.0578. The third-order valence-electron chi connectivity index (χ3n) is 6.14. The maximum atomic E-state index is 13.6. The summed E-state index contributed by atoms with van der Waals surface area (Å²) in [5, 5.41) is 2.85. The van der Waals surface area contributed by atoms with Gasteiger partial charge in [0.25, 0.3) is 0 Å². The van der Waals surface area contributed by atoms with Crippen LogP contribution < -0.4 is 5.32 Å². The standard InChI is InChI=1S/C29H32N4O2S/c1-6-10-25(29(3,4)5)36(35)22-14-9-11-19(16-22)23-17-30-28-27(23)33-24(18-31-28)20-12-8-13-21(15-20)32-26(34)7-2/h7-9,11-18,25H,2,6,10H2,1,3-5H3,(H,30,31)(H,32,34). The molecular formula is C29H32N4O2S. The Morgan fingerprint density at radius 2 is 1.92 bits per heavy atom. The number of fused-ring (bicyclic) bond motifs is 1. The molecule has 7 heteroatoms. The number of nitrogens with one attached hydrogen (secondary N) is 2. The molecule has 0 saturated carbocycles. The summed E-state index contributed by atoms with van der Waals surface area (Å²) >= 11 is 0. The molecule has 2 aromatic carbocycles. The Morgan fingerprint density at radius 3 is 2.64 bits per heavy atom. The molecule has 0 fully saturated rings. The molecule has 186 valence electrons. The Balaban J connectivity index is 1.71. The fourth-order valence-electron chi connectivity index (χ4n) is 4.28. The zero-order valence-electron chi connectivity index (χ0n) is 21.2. The molecule has 2 aromatic heterocycles. The first-order chi connectivity index (χ1) is 17.2. The summed E-state index contributed by atoms with van der Waals surface area (Å²) < 4.78 is 13.6. The highest BCUT2D eigenvalue weighted by atomic mass is 32.2. The molecule has 2 atom stereocenters. The Bertz CT molecular complexity index is 1430. The van der Waals surface area contributed by atoms with Crippen LogP contribution in [-0.2, 0) is 15.6 Å². The fourth-order valence-corrected chi connectivity index (χ4v) is 6.15. The highest BCUT2D eigenvalue weighted by Crippen LogP contribution is 2.34. The first kappa shape index (κ1) is 25.5. The number of rotatable bonds is 8. The van der Waals surface area contributed by atoms with Gasteiger partial charge in [-0.15, -0.1) is 0 Å². The lowest BCUT2D eigenvalue weighted by Gasteiger charge is -2.29. The average Bonchev–Trinajstić information content (AvgIpc) is 3.29. The first-order valence-corrected chi connectivity index (χ1v) is 13.3. The molecule has 0 aliphatic carbocycles. The van der Waals surface area contributed by atoms with Gasteiger partial charge in [0.1, 0.15) is 5.52 Å². The zero-order chi connectivity index (χ0) is 25.9. The van der Waals surface area contributed by atoms with E-state index in [0.29, 0.717) is 17.0 Å². The van der Waals surface area contributed by atoms with E-state index >= 15 is 0 Å². The minimum Gasteiger partial charge on any atom is -0.344 e. The van der Waals surface area contributed by atoms with Gasteiger partial charge in [0.2, 0.25) is 5.91 Å². The second-order valence-corrected chi connectivity index (χ2v) is 11.5. The van der Waals surface area contributed by atoms with Crippen LogP contribution in [0.25, 0.3) is 33.5 Å². The third-order valence-corrected chi connectivity index (χ3v) is 8.32. The van der Waals surface area contributed by atoms with Crippen LogP contribution in [0.15, 0.2) is 78.5 Å². The Hall–Kier alpha value is -3.58. The van der Waals surface area contributed by atoms with Crippen LogP contribution in [0.4, 0.5) is 5.69 Å². The lowest BCUT2D eigenvalue weighted by molar-refractivity contribution is -0.111. The van der Waals surface area contributed by atoms with Crippen molar-refractivity contribution >= 4 is 33.6 Å². The van der Waals surface area contributed by atoms with Crippen LogP contribution in [-0.4, -0.2) is 30.3 Å². The molecule has 0 aliphatic heterocycles. The average molecular weight is 501 g/mol. The van der Waals surface area contributed by atoms with Crippen LogP contribution in [0.1, 0.15) is 40.5 Å². The molecule has 4 aromatic rings. The predicted molar refractivity (Wildman–Crippen MR) is 148 cm³/mol. The van der Waals surface area contributed by atoms with E-state index in [-0.39, 0.29) is 16.6 Å². The number of amides is 1. The van der Waals surface area contributed by atoms with Crippen LogP contribution >= 0.6 is 0 Å². The van der Waals surface area contributed by atoms with Crippen LogP contribution in [0, 0.1) is 5.41 Å². The largest absolute Gasteiger partial charge is 0.344 e. The number of H-pyrrole nitrogens is 1. The molecule has 2 heterocycles.